The van der Waals surface area contributed by atoms with Crippen molar-refractivity contribution in [3.8, 4) is 0 Å². The minimum absolute atomic E-state index is 0.181. The van der Waals surface area contributed by atoms with Gasteiger partial charge in [-0.1, -0.05) is 0 Å². The standard InChI is InChI=1S/C13H16N2O2S/c1-5-15-12(16)11(18-13(15)17)7-10-6-8(2)14(4)9(10)3/h6-7H,5H2,1-4H3/b11-7+. The van der Waals surface area contributed by atoms with E-state index in [2.05, 4.69) is 4.57 Å². The van der Waals surface area contributed by atoms with Gasteiger partial charge < -0.3 is 4.57 Å². The van der Waals surface area contributed by atoms with Gasteiger partial charge in [-0.25, -0.2) is 0 Å². The Morgan fingerprint density at radius 2 is 2.00 bits per heavy atom. The summed E-state index contributed by atoms with van der Waals surface area (Å²) in [6.07, 6.45) is 1.81. The maximum Gasteiger partial charge on any atom is 0.293 e. The third kappa shape index (κ3) is 1.99. The molecule has 0 saturated carbocycles. The van der Waals surface area contributed by atoms with Crippen molar-refractivity contribution in [1.29, 1.82) is 0 Å². The molecule has 1 aliphatic rings. The van der Waals surface area contributed by atoms with Crippen LogP contribution in [0.2, 0.25) is 0 Å². The molecule has 4 nitrogen and oxygen atoms in total. The molecule has 96 valence electrons. The summed E-state index contributed by atoms with van der Waals surface area (Å²) in [7, 11) is 1.99. The van der Waals surface area contributed by atoms with Crippen molar-refractivity contribution in [3.63, 3.8) is 0 Å². The van der Waals surface area contributed by atoms with Crippen molar-refractivity contribution < 1.29 is 9.59 Å². The van der Waals surface area contributed by atoms with Crippen LogP contribution < -0.4 is 0 Å². The van der Waals surface area contributed by atoms with E-state index >= 15 is 0 Å². The molecular weight excluding hydrogens is 248 g/mol. The van der Waals surface area contributed by atoms with Gasteiger partial charge in [0, 0.05) is 25.0 Å². The van der Waals surface area contributed by atoms with Crippen LogP contribution in [0.25, 0.3) is 6.08 Å². The number of aryl methyl sites for hydroxylation is 1. The smallest absolute Gasteiger partial charge is 0.293 e. The molecule has 2 heterocycles. The van der Waals surface area contributed by atoms with Gasteiger partial charge in [0.2, 0.25) is 0 Å². The molecule has 1 aliphatic heterocycles. The predicted molar refractivity (Wildman–Crippen MR) is 73.2 cm³/mol. The molecule has 18 heavy (non-hydrogen) atoms. The molecule has 0 atom stereocenters. The van der Waals surface area contributed by atoms with E-state index in [0.717, 1.165) is 28.7 Å². The molecule has 0 unspecified atom stereocenters. The molecule has 0 bridgehead atoms. The second kappa shape index (κ2) is 4.65. The second-order valence-corrected chi connectivity index (χ2v) is 5.30. The first kappa shape index (κ1) is 13.0. The summed E-state index contributed by atoms with van der Waals surface area (Å²) in [5, 5.41) is -0.181. The molecule has 1 saturated heterocycles. The molecule has 0 spiro atoms. The molecule has 2 amide bonds. The third-order valence-electron chi connectivity index (χ3n) is 3.29. The average Bonchev–Trinajstić information content (AvgIpc) is 2.72. The number of aromatic nitrogens is 1. The highest BCUT2D eigenvalue weighted by Crippen LogP contribution is 2.32. The fourth-order valence-electron chi connectivity index (χ4n) is 1.94. The number of hydrogen-bond acceptors (Lipinski definition) is 3. The summed E-state index contributed by atoms with van der Waals surface area (Å²) >= 11 is 1.01. The highest BCUT2D eigenvalue weighted by molar-refractivity contribution is 8.18. The molecule has 1 fully saturated rings. The Morgan fingerprint density at radius 1 is 1.33 bits per heavy atom. The van der Waals surface area contributed by atoms with Crippen LogP contribution in [0.1, 0.15) is 23.9 Å². The van der Waals surface area contributed by atoms with Gasteiger partial charge in [-0.3, -0.25) is 14.5 Å². The van der Waals surface area contributed by atoms with Gasteiger partial charge >= 0.3 is 0 Å². The summed E-state index contributed by atoms with van der Waals surface area (Å²) in [5.41, 5.74) is 3.22. The first-order valence-electron chi connectivity index (χ1n) is 5.84. The van der Waals surface area contributed by atoms with Crippen LogP contribution in [0.3, 0.4) is 0 Å². The van der Waals surface area contributed by atoms with Crippen LogP contribution in [0.5, 0.6) is 0 Å². The molecule has 0 radical (unpaired) electrons. The number of likely N-dealkylation sites (N-methyl/N-ethyl adjacent to an activating group) is 1. The van der Waals surface area contributed by atoms with Gasteiger partial charge in [-0.05, 0) is 50.2 Å². The van der Waals surface area contributed by atoms with E-state index in [0.29, 0.717) is 11.4 Å². The predicted octanol–water partition coefficient (Wildman–Crippen LogP) is 2.70. The van der Waals surface area contributed by atoms with E-state index in [4.69, 9.17) is 0 Å². The zero-order valence-corrected chi connectivity index (χ0v) is 11.8. The van der Waals surface area contributed by atoms with Crippen molar-refractivity contribution in [1.82, 2.24) is 9.47 Å². The van der Waals surface area contributed by atoms with Crippen molar-refractivity contribution in [2.24, 2.45) is 7.05 Å². The quantitative estimate of drug-likeness (QED) is 0.771. The molecule has 1 aromatic rings. The van der Waals surface area contributed by atoms with Crippen LogP contribution in [-0.2, 0) is 11.8 Å². The monoisotopic (exact) mass is 264 g/mol. The van der Waals surface area contributed by atoms with Crippen LogP contribution in [0.4, 0.5) is 4.79 Å². The summed E-state index contributed by atoms with van der Waals surface area (Å²) < 4.78 is 2.07. The lowest BCUT2D eigenvalue weighted by Gasteiger charge is -2.06. The number of rotatable bonds is 2. The van der Waals surface area contributed by atoms with Gasteiger partial charge in [0.05, 0.1) is 4.91 Å². The van der Waals surface area contributed by atoms with E-state index in [1.807, 2.05) is 33.0 Å². The molecule has 0 N–H and O–H groups in total. The Hall–Kier alpha value is -1.49. The minimum atomic E-state index is -0.187. The summed E-state index contributed by atoms with van der Waals surface area (Å²) in [5.74, 6) is -0.187. The fraction of sp³-hybridized carbons (Fsp3) is 0.385. The first-order valence-corrected chi connectivity index (χ1v) is 6.65. The van der Waals surface area contributed by atoms with E-state index in [9.17, 15) is 9.59 Å². The van der Waals surface area contributed by atoms with Gasteiger partial charge in [-0.2, -0.15) is 0 Å². The van der Waals surface area contributed by atoms with Crippen LogP contribution in [0.15, 0.2) is 11.0 Å². The Balaban J connectivity index is 2.38. The van der Waals surface area contributed by atoms with E-state index in [1.54, 1.807) is 6.92 Å². The topological polar surface area (TPSA) is 42.3 Å². The lowest BCUT2D eigenvalue weighted by molar-refractivity contribution is -0.122. The number of nitrogens with zero attached hydrogens (tertiary/aromatic N) is 2. The number of thioether (sulfide) groups is 1. The summed E-state index contributed by atoms with van der Waals surface area (Å²) in [6.45, 7) is 6.25. The molecule has 2 rings (SSSR count). The Kier molecular flexibility index (Phi) is 3.34. The number of amides is 2. The Morgan fingerprint density at radius 3 is 2.44 bits per heavy atom. The van der Waals surface area contributed by atoms with Gasteiger partial charge in [0.25, 0.3) is 11.1 Å². The summed E-state index contributed by atoms with van der Waals surface area (Å²) in [4.78, 5) is 25.3. The average molecular weight is 264 g/mol. The van der Waals surface area contributed by atoms with Crippen molar-refractivity contribution in [3.05, 3.63) is 27.9 Å². The van der Waals surface area contributed by atoms with Gasteiger partial charge in [-0.15, -0.1) is 0 Å². The third-order valence-corrected chi connectivity index (χ3v) is 4.20. The molecular formula is C13H16N2O2S. The number of carbonyl (C=O) groups excluding carboxylic acids is 2. The zero-order valence-electron chi connectivity index (χ0n) is 11.0. The summed E-state index contributed by atoms with van der Waals surface area (Å²) in [6, 6.07) is 2.02. The highest BCUT2D eigenvalue weighted by atomic mass is 32.2. The number of carbonyl (C=O) groups is 2. The van der Waals surface area contributed by atoms with E-state index in [1.165, 1.54) is 4.90 Å². The molecule has 5 heteroatoms. The lowest BCUT2D eigenvalue weighted by atomic mass is 10.2. The van der Waals surface area contributed by atoms with Gasteiger partial charge in [0.1, 0.15) is 0 Å². The number of hydrogen-bond donors (Lipinski definition) is 0. The first-order chi connectivity index (χ1) is 8.45. The second-order valence-electron chi connectivity index (χ2n) is 4.31. The molecule has 0 aromatic carbocycles. The van der Waals surface area contributed by atoms with Crippen LogP contribution in [0, 0.1) is 13.8 Å². The fourth-order valence-corrected chi connectivity index (χ4v) is 2.84. The van der Waals surface area contributed by atoms with Crippen molar-refractivity contribution in [2.75, 3.05) is 6.54 Å². The highest BCUT2D eigenvalue weighted by Gasteiger charge is 2.33. The normalized spacial score (nSPS) is 18.2. The zero-order chi connectivity index (χ0) is 13.4. The van der Waals surface area contributed by atoms with Crippen LogP contribution >= 0.6 is 11.8 Å². The maximum absolute atomic E-state index is 12.0. The van der Waals surface area contributed by atoms with Crippen LogP contribution in [-0.4, -0.2) is 27.2 Å². The lowest BCUT2D eigenvalue weighted by Crippen LogP contribution is -2.27. The van der Waals surface area contributed by atoms with Crippen molar-refractivity contribution >= 4 is 29.0 Å². The maximum atomic E-state index is 12.0. The van der Waals surface area contributed by atoms with Gasteiger partial charge in [0.15, 0.2) is 0 Å². The van der Waals surface area contributed by atoms with Crippen molar-refractivity contribution in [2.45, 2.75) is 20.8 Å². The molecule has 1 aromatic heterocycles. The Labute approximate surface area is 111 Å². The largest absolute Gasteiger partial charge is 0.352 e. The Bertz CT molecular complexity index is 558. The van der Waals surface area contributed by atoms with E-state index < -0.39 is 0 Å². The SMILES string of the molecule is CCN1C(=O)S/C(=C/c2cc(C)n(C)c2C)C1=O. The minimum Gasteiger partial charge on any atom is -0.352 e. The van der Waals surface area contributed by atoms with E-state index in [-0.39, 0.29) is 11.1 Å². The number of imide groups is 1. The molecule has 0 aliphatic carbocycles.